The summed E-state index contributed by atoms with van der Waals surface area (Å²) in [5, 5.41) is 13.3. The molecule has 1 aliphatic heterocycles. The molecule has 2 aliphatic carbocycles. The van der Waals surface area contributed by atoms with E-state index in [-0.39, 0.29) is 11.3 Å². The largest absolute Gasteiger partial charge is 0.508 e. The van der Waals surface area contributed by atoms with Crippen molar-refractivity contribution in [3.63, 3.8) is 0 Å². The number of hydrogen-bond donors (Lipinski definition) is 2. The summed E-state index contributed by atoms with van der Waals surface area (Å²) in [7, 11) is 3.83. The highest BCUT2D eigenvalue weighted by Crippen LogP contribution is 2.52. The lowest BCUT2D eigenvalue weighted by atomic mass is 9.56. The molecule has 2 fully saturated rings. The van der Waals surface area contributed by atoms with E-state index in [1.54, 1.807) is 0 Å². The van der Waals surface area contributed by atoms with Crippen LogP contribution in [0.25, 0.3) is 0 Å². The van der Waals surface area contributed by atoms with E-state index in [0.717, 1.165) is 31.7 Å². The Balaban J connectivity index is 1.56. The Labute approximate surface area is 169 Å². The zero-order valence-electron chi connectivity index (χ0n) is 17.6. The number of phenols is 1. The number of nitrogens with zero attached hydrogens (tertiary/aromatic N) is 2. The summed E-state index contributed by atoms with van der Waals surface area (Å²) in [5.41, 5.74) is 2.76. The van der Waals surface area contributed by atoms with Crippen LogP contribution >= 0.6 is 0 Å². The second kappa shape index (κ2) is 7.68. The van der Waals surface area contributed by atoms with Gasteiger partial charge in [0.2, 0.25) is 5.91 Å². The topological polar surface area (TPSA) is 55.8 Å². The number of fused-ring (bicyclic) bond motifs is 4. The molecule has 1 aromatic rings. The Hall–Kier alpha value is -1.59. The number of nitrogens with one attached hydrogen (secondary N) is 1. The van der Waals surface area contributed by atoms with E-state index in [9.17, 15) is 9.90 Å². The highest BCUT2D eigenvalue weighted by Gasteiger charge is 2.51. The van der Waals surface area contributed by atoms with E-state index in [0.29, 0.717) is 30.8 Å². The average molecular weight is 386 g/mol. The second-order valence-electron chi connectivity index (χ2n) is 9.58. The Bertz CT molecular complexity index is 731. The number of carbonyl (C=O) groups is 1. The van der Waals surface area contributed by atoms with E-state index in [1.165, 1.54) is 30.5 Å². The molecule has 0 spiro atoms. The third-order valence-corrected chi connectivity index (χ3v) is 7.36. The van der Waals surface area contributed by atoms with Crippen molar-refractivity contribution in [1.82, 2.24) is 15.1 Å². The van der Waals surface area contributed by atoms with E-state index in [2.05, 4.69) is 23.2 Å². The van der Waals surface area contributed by atoms with Crippen LogP contribution in [0, 0.1) is 11.8 Å². The molecular formula is C23H35N3O2. The first-order valence-corrected chi connectivity index (χ1v) is 10.9. The number of piperidine rings is 1. The molecule has 1 saturated carbocycles. The van der Waals surface area contributed by atoms with Gasteiger partial charge in [-0.25, -0.2) is 0 Å². The summed E-state index contributed by atoms with van der Waals surface area (Å²) in [6, 6.07) is 6.54. The van der Waals surface area contributed by atoms with Crippen LogP contribution in [0.15, 0.2) is 18.2 Å². The first kappa shape index (κ1) is 19.7. The molecular weight excluding hydrogens is 350 g/mol. The molecule has 28 heavy (non-hydrogen) atoms. The van der Waals surface area contributed by atoms with E-state index in [1.807, 2.05) is 31.1 Å². The van der Waals surface area contributed by atoms with Gasteiger partial charge in [-0.05, 0) is 87.8 Å². The number of benzene rings is 1. The maximum Gasteiger partial charge on any atom is 0.234 e. The van der Waals surface area contributed by atoms with Crippen molar-refractivity contribution in [2.75, 3.05) is 40.3 Å². The van der Waals surface area contributed by atoms with Gasteiger partial charge in [-0.15, -0.1) is 0 Å². The van der Waals surface area contributed by atoms with Gasteiger partial charge in [0, 0.05) is 24.5 Å². The summed E-state index contributed by atoms with van der Waals surface area (Å²) in [6.07, 6.45) is 5.92. The monoisotopic (exact) mass is 385 g/mol. The first-order chi connectivity index (χ1) is 13.4. The summed E-state index contributed by atoms with van der Waals surface area (Å²) in [4.78, 5) is 16.8. The maximum absolute atomic E-state index is 12.1. The van der Waals surface area contributed by atoms with Crippen molar-refractivity contribution in [2.24, 2.45) is 11.8 Å². The molecule has 2 bridgehead atoms. The van der Waals surface area contributed by atoms with Crippen LogP contribution in [0.1, 0.15) is 43.7 Å². The van der Waals surface area contributed by atoms with Gasteiger partial charge in [0.15, 0.2) is 0 Å². The van der Waals surface area contributed by atoms with Crippen LogP contribution in [0.2, 0.25) is 0 Å². The molecule has 154 valence electrons. The number of likely N-dealkylation sites (tertiary alicyclic amines) is 1. The summed E-state index contributed by atoms with van der Waals surface area (Å²) in [6.45, 7) is 5.90. The molecule has 2 N–H and O–H groups in total. The fourth-order valence-electron chi connectivity index (χ4n) is 5.65. The van der Waals surface area contributed by atoms with Gasteiger partial charge in [-0.2, -0.15) is 0 Å². The summed E-state index contributed by atoms with van der Waals surface area (Å²) >= 11 is 0. The minimum absolute atomic E-state index is 0.0441. The van der Waals surface area contributed by atoms with Gasteiger partial charge in [0.1, 0.15) is 5.75 Å². The summed E-state index contributed by atoms with van der Waals surface area (Å²) < 4.78 is 0. The number of hydrogen-bond acceptors (Lipinski definition) is 4. The second-order valence-corrected chi connectivity index (χ2v) is 9.58. The molecule has 4 rings (SSSR count). The summed E-state index contributed by atoms with van der Waals surface area (Å²) in [5.74, 6) is 1.89. The molecule has 5 nitrogen and oxygen atoms in total. The van der Waals surface area contributed by atoms with E-state index >= 15 is 0 Å². The molecule has 1 amide bonds. The SMILES string of the molecule is C[C@H]1[C@H]2Cc3ccc(O)cc3[C@]1(CCNC(=O)CN(C)C)CCN2CC1CC1. The van der Waals surface area contributed by atoms with Crippen molar-refractivity contribution in [2.45, 2.75) is 50.5 Å². The molecule has 3 atom stereocenters. The van der Waals surface area contributed by atoms with Crippen molar-refractivity contribution in [3.05, 3.63) is 29.3 Å². The molecule has 1 heterocycles. The third-order valence-electron chi connectivity index (χ3n) is 7.36. The van der Waals surface area contributed by atoms with Crippen LogP contribution < -0.4 is 5.32 Å². The fraction of sp³-hybridized carbons (Fsp3) is 0.696. The molecule has 0 unspecified atom stereocenters. The zero-order chi connectivity index (χ0) is 19.9. The van der Waals surface area contributed by atoms with Gasteiger partial charge < -0.3 is 15.3 Å². The zero-order valence-corrected chi connectivity index (χ0v) is 17.6. The van der Waals surface area contributed by atoms with E-state index < -0.39 is 0 Å². The molecule has 3 aliphatic rings. The Morgan fingerprint density at radius 3 is 2.86 bits per heavy atom. The number of phenolic OH excluding ortho intramolecular Hbond substituents is 1. The average Bonchev–Trinajstić information content (AvgIpc) is 3.43. The lowest BCUT2D eigenvalue weighted by Crippen LogP contribution is -2.60. The standard InChI is InChI=1S/C23H35N3O2/c1-16-21-12-18-6-7-19(27)13-20(18)23(16,8-10-24-22(28)15-25(2)3)9-11-26(21)14-17-4-5-17/h6-7,13,16-17,21,27H,4-5,8-12,14-15H2,1-3H3,(H,24,28)/t16-,21+,23+/m0/s1. The van der Waals surface area contributed by atoms with Gasteiger partial charge in [0.05, 0.1) is 6.54 Å². The Morgan fingerprint density at radius 1 is 1.36 bits per heavy atom. The minimum atomic E-state index is 0.0441. The van der Waals surface area contributed by atoms with Crippen molar-refractivity contribution in [3.8, 4) is 5.75 Å². The quantitative estimate of drug-likeness (QED) is 0.757. The molecule has 0 radical (unpaired) electrons. The Kier molecular flexibility index (Phi) is 5.41. The predicted molar refractivity (Wildman–Crippen MR) is 112 cm³/mol. The molecule has 1 aromatic carbocycles. The van der Waals surface area contributed by atoms with Crippen LogP contribution in [-0.2, 0) is 16.6 Å². The van der Waals surface area contributed by atoms with Crippen molar-refractivity contribution < 1.29 is 9.90 Å². The van der Waals surface area contributed by atoms with Crippen molar-refractivity contribution in [1.29, 1.82) is 0 Å². The van der Waals surface area contributed by atoms with Gasteiger partial charge >= 0.3 is 0 Å². The minimum Gasteiger partial charge on any atom is -0.508 e. The lowest BCUT2D eigenvalue weighted by Gasteiger charge is -2.56. The highest BCUT2D eigenvalue weighted by atomic mass is 16.3. The lowest BCUT2D eigenvalue weighted by molar-refractivity contribution is -0.121. The predicted octanol–water partition coefficient (Wildman–Crippen LogP) is 2.37. The fourth-order valence-corrected chi connectivity index (χ4v) is 5.65. The van der Waals surface area contributed by atoms with Gasteiger partial charge in [-0.3, -0.25) is 9.69 Å². The highest BCUT2D eigenvalue weighted by molar-refractivity contribution is 5.77. The van der Waals surface area contributed by atoms with E-state index in [4.69, 9.17) is 0 Å². The number of likely N-dealkylation sites (N-methyl/N-ethyl adjacent to an activating group) is 1. The molecule has 0 aromatic heterocycles. The normalized spacial score (nSPS) is 29.6. The number of rotatable bonds is 7. The number of aromatic hydroxyl groups is 1. The number of carbonyl (C=O) groups excluding carboxylic acids is 1. The molecule has 1 saturated heterocycles. The van der Waals surface area contributed by atoms with Crippen LogP contribution in [0.5, 0.6) is 5.75 Å². The van der Waals surface area contributed by atoms with Gasteiger partial charge in [0.25, 0.3) is 0 Å². The van der Waals surface area contributed by atoms with Crippen LogP contribution in [-0.4, -0.2) is 67.1 Å². The maximum atomic E-state index is 12.1. The van der Waals surface area contributed by atoms with Gasteiger partial charge in [-0.1, -0.05) is 13.0 Å². The van der Waals surface area contributed by atoms with Crippen molar-refractivity contribution >= 4 is 5.91 Å². The third kappa shape index (κ3) is 3.79. The van der Waals surface area contributed by atoms with Crippen LogP contribution in [0.3, 0.4) is 0 Å². The Morgan fingerprint density at radius 2 is 2.14 bits per heavy atom. The number of amides is 1. The smallest absolute Gasteiger partial charge is 0.234 e. The first-order valence-electron chi connectivity index (χ1n) is 10.9. The van der Waals surface area contributed by atoms with Crippen LogP contribution in [0.4, 0.5) is 0 Å². The molecule has 5 heteroatoms.